The van der Waals surface area contributed by atoms with Crippen molar-refractivity contribution in [3.63, 3.8) is 0 Å². The number of carbonyl (C=O) groups is 1. The van der Waals surface area contributed by atoms with Gasteiger partial charge < -0.3 is 15.0 Å². The highest BCUT2D eigenvalue weighted by Crippen LogP contribution is 2.37. The van der Waals surface area contributed by atoms with E-state index < -0.39 is 0 Å². The molecule has 4 aromatic rings. The van der Waals surface area contributed by atoms with Gasteiger partial charge in [0.05, 0.1) is 17.3 Å². The molecule has 3 aromatic heterocycles. The molecule has 0 atom stereocenters. The number of methoxy groups -OCH3 is 1. The van der Waals surface area contributed by atoms with Crippen LogP contribution in [0.15, 0.2) is 48.9 Å². The maximum atomic E-state index is 12.7. The van der Waals surface area contributed by atoms with Gasteiger partial charge in [-0.1, -0.05) is 12.1 Å². The lowest BCUT2D eigenvalue weighted by Gasteiger charge is -2.32. The van der Waals surface area contributed by atoms with E-state index in [1.807, 2.05) is 30.3 Å². The van der Waals surface area contributed by atoms with Gasteiger partial charge in [0.15, 0.2) is 0 Å². The van der Waals surface area contributed by atoms with Crippen LogP contribution in [-0.2, 0) is 11.3 Å². The second kappa shape index (κ2) is 8.47. The van der Waals surface area contributed by atoms with Crippen molar-refractivity contribution < 1.29 is 9.53 Å². The molecule has 7 nitrogen and oxygen atoms in total. The van der Waals surface area contributed by atoms with Gasteiger partial charge in [0.2, 0.25) is 5.91 Å². The van der Waals surface area contributed by atoms with E-state index in [1.165, 1.54) is 0 Å². The number of pyridine rings is 1. The van der Waals surface area contributed by atoms with E-state index in [2.05, 4.69) is 31.2 Å². The van der Waals surface area contributed by atoms with E-state index in [0.717, 1.165) is 63.5 Å². The number of ether oxygens (including phenoxy) is 1. The summed E-state index contributed by atoms with van der Waals surface area (Å²) in [5.41, 5.74) is 1.99. The molecule has 0 spiro atoms. The van der Waals surface area contributed by atoms with E-state index >= 15 is 0 Å². The molecule has 0 bridgehead atoms. The Labute approximate surface area is 184 Å². The summed E-state index contributed by atoms with van der Waals surface area (Å²) in [5.74, 6) is 1.88. The van der Waals surface area contributed by atoms with E-state index in [9.17, 15) is 4.79 Å². The van der Waals surface area contributed by atoms with Crippen LogP contribution in [-0.4, -0.2) is 41.1 Å². The third-order valence-corrected chi connectivity index (χ3v) is 6.87. The van der Waals surface area contributed by atoms with E-state index in [0.29, 0.717) is 6.54 Å². The number of nitrogens with one attached hydrogen (secondary N) is 1. The number of rotatable bonds is 5. The third kappa shape index (κ3) is 3.90. The zero-order valence-electron chi connectivity index (χ0n) is 17.2. The SMILES string of the molecule is COc1cccc(CNC(=O)C2CCN(c3ncnc4c3sc3ncccc34)CC2)c1. The van der Waals surface area contributed by atoms with Crippen LogP contribution in [0, 0.1) is 5.92 Å². The number of piperidine rings is 1. The minimum atomic E-state index is 0.0169. The Kier molecular flexibility index (Phi) is 5.38. The van der Waals surface area contributed by atoms with Crippen molar-refractivity contribution in [2.45, 2.75) is 19.4 Å². The molecule has 1 fully saturated rings. The molecule has 5 rings (SSSR count). The van der Waals surface area contributed by atoms with Crippen LogP contribution in [0.3, 0.4) is 0 Å². The number of hydrogen-bond donors (Lipinski definition) is 1. The first kappa shape index (κ1) is 19.7. The summed E-state index contributed by atoms with van der Waals surface area (Å²) in [6.07, 6.45) is 5.04. The van der Waals surface area contributed by atoms with Crippen molar-refractivity contribution in [2.24, 2.45) is 5.92 Å². The van der Waals surface area contributed by atoms with Gasteiger partial charge in [-0.05, 0) is 42.7 Å². The lowest BCUT2D eigenvalue weighted by Crippen LogP contribution is -2.40. The summed E-state index contributed by atoms with van der Waals surface area (Å²) in [5, 5.41) is 4.14. The summed E-state index contributed by atoms with van der Waals surface area (Å²) in [7, 11) is 1.65. The predicted molar refractivity (Wildman–Crippen MR) is 122 cm³/mol. The Morgan fingerprint density at radius 2 is 2.06 bits per heavy atom. The maximum absolute atomic E-state index is 12.7. The second-order valence-electron chi connectivity index (χ2n) is 7.66. The van der Waals surface area contributed by atoms with Crippen LogP contribution in [0.4, 0.5) is 5.82 Å². The summed E-state index contributed by atoms with van der Waals surface area (Å²) < 4.78 is 6.32. The number of benzene rings is 1. The lowest BCUT2D eigenvalue weighted by molar-refractivity contribution is -0.125. The smallest absolute Gasteiger partial charge is 0.223 e. The standard InChI is InChI=1S/C23H23N5O2S/c1-30-17-5-2-4-15(12-17)13-25-22(29)16-7-10-28(11-8-16)21-20-19(26-14-27-21)18-6-3-9-24-23(18)31-20/h2-6,9,12,14,16H,7-8,10-11,13H2,1H3,(H,25,29). The maximum Gasteiger partial charge on any atom is 0.223 e. The molecule has 1 aromatic carbocycles. The van der Waals surface area contributed by atoms with Gasteiger partial charge in [-0.2, -0.15) is 0 Å². The highest BCUT2D eigenvalue weighted by molar-refractivity contribution is 7.25. The topological polar surface area (TPSA) is 80.2 Å². The Hall–Kier alpha value is -3.26. The largest absolute Gasteiger partial charge is 0.497 e. The number of nitrogens with zero attached hydrogens (tertiary/aromatic N) is 4. The second-order valence-corrected chi connectivity index (χ2v) is 8.66. The van der Waals surface area contributed by atoms with Crippen molar-refractivity contribution in [1.29, 1.82) is 0 Å². The van der Waals surface area contributed by atoms with Gasteiger partial charge in [-0.15, -0.1) is 11.3 Å². The molecule has 1 aliphatic rings. The molecule has 158 valence electrons. The minimum absolute atomic E-state index is 0.0169. The molecular formula is C23H23N5O2S. The molecule has 31 heavy (non-hydrogen) atoms. The Balaban J connectivity index is 1.24. The van der Waals surface area contributed by atoms with Crippen molar-refractivity contribution in [3.8, 4) is 5.75 Å². The number of thiophene rings is 1. The van der Waals surface area contributed by atoms with Crippen LogP contribution < -0.4 is 15.0 Å². The Morgan fingerprint density at radius 1 is 1.19 bits per heavy atom. The van der Waals surface area contributed by atoms with Crippen LogP contribution >= 0.6 is 11.3 Å². The fourth-order valence-electron chi connectivity index (χ4n) is 4.09. The van der Waals surface area contributed by atoms with E-state index in [1.54, 1.807) is 31.0 Å². The summed E-state index contributed by atoms with van der Waals surface area (Å²) in [6, 6.07) is 11.8. The van der Waals surface area contributed by atoms with Gasteiger partial charge in [0, 0.05) is 37.1 Å². The number of anilines is 1. The molecule has 0 radical (unpaired) electrons. The number of amides is 1. The molecule has 0 saturated carbocycles. The summed E-state index contributed by atoms with van der Waals surface area (Å²) in [4.78, 5) is 29.5. The summed E-state index contributed by atoms with van der Waals surface area (Å²) >= 11 is 1.63. The average molecular weight is 434 g/mol. The Bertz CT molecular complexity index is 1230. The number of aromatic nitrogens is 3. The normalized spacial score (nSPS) is 14.8. The van der Waals surface area contributed by atoms with Crippen molar-refractivity contribution >= 4 is 43.5 Å². The van der Waals surface area contributed by atoms with Gasteiger partial charge >= 0.3 is 0 Å². The Morgan fingerprint density at radius 3 is 2.90 bits per heavy atom. The molecule has 0 unspecified atom stereocenters. The number of carbonyl (C=O) groups excluding carboxylic acids is 1. The quantitative estimate of drug-likeness (QED) is 0.516. The monoisotopic (exact) mass is 433 g/mol. The molecule has 1 N–H and O–H groups in total. The average Bonchev–Trinajstić information content (AvgIpc) is 3.22. The fraction of sp³-hybridized carbons (Fsp3) is 0.304. The zero-order valence-corrected chi connectivity index (χ0v) is 18.1. The predicted octanol–water partition coefficient (Wildman–Crippen LogP) is 3.78. The first-order valence-electron chi connectivity index (χ1n) is 10.4. The van der Waals surface area contributed by atoms with Crippen molar-refractivity contribution in [3.05, 3.63) is 54.5 Å². The first-order chi connectivity index (χ1) is 15.2. The zero-order chi connectivity index (χ0) is 21.2. The number of fused-ring (bicyclic) bond motifs is 3. The van der Waals surface area contributed by atoms with E-state index in [-0.39, 0.29) is 11.8 Å². The molecule has 8 heteroatoms. The molecule has 1 amide bonds. The highest BCUT2D eigenvalue weighted by Gasteiger charge is 2.27. The third-order valence-electron chi connectivity index (χ3n) is 5.78. The van der Waals surface area contributed by atoms with E-state index in [4.69, 9.17) is 4.74 Å². The van der Waals surface area contributed by atoms with Crippen molar-refractivity contribution in [2.75, 3.05) is 25.1 Å². The molecule has 0 aliphatic carbocycles. The van der Waals surface area contributed by atoms with Gasteiger partial charge in [-0.25, -0.2) is 15.0 Å². The van der Waals surface area contributed by atoms with Crippen LogP contribution in [0.2, 0.25) is 0 Å². The minimum Gasteiger partial charge on any atom is -0.497 e. The lowest BCUT2D eigenvalue weighted by atomic mass is 9.95. The first-order valence-corrected chi connectivity index (χ1v) is 11.2. The summed E-state index contributed by atoms with van der Waals surface area (Å²) in [6.45, 7) is 2.10. The molecular weight excluding hydrogens is 410 g/mol. The fourth-order valence-corrected chi connectivity index (χ4v) is 5.21. The molecule has 1 saturated heterocycles. The van der Waals surface area contributed by atoms with Crippen LogP contribution in [0.1, 0.15) is 18.4 Å². The molecule has 1 aliphatic heterocycles. The van der Waals surface area contributed by atoms with Crippen LogP contribution in [0.5, 0.6) is 5.75 Å². The van der Waals surface area contributed by atoms with Gasteiger partial charge in [-0.3, -0.25) is 4.79 Å². The van der Waals surface area contributed by atoms with Crippen molar-refractivity contribution in [1.82, 2.24) is 20.3 Å². The number of hydrogen-bond acceptors (Lipinski definition) is 7. The van der Waals surface area contributed by atoms with Gasteiger partial charge in [0.1, 0.15) is 22.7 Å². The van der Waals surface area contributed by atoms with Crippen LogP contribution in [0.25, 0.3) is 20.4 Å². The molecule has 4 heterocycles. The highest BCUT2D eigenvalue weighted by atomic mass is 32.1. The van der Waals surface area contributed by atoms with Gasteiger partial charge in [0.25, 0.3) is 0 Å².